The molecule has 4 heteroatoms. The van der Waals surface area contributed by atoms with Crippen LogP contribution in [0.1, 0.15) is 49.3 Å². The molecule has 154 valence electrons. The van der Waals surface area contributed by atoms with Gasteiger partial charge in [0.25, 0.3) is 0 Å². The number of fused-ring (bicyclic) bond motifs is 3. The van der Waals surface area contributed by atoms with Crippen molar-refractivity contribution in [3.05, 3.63) is 58.2 Å². The lowest BCUT2D eigenvalue weighted by atomic mass is 9.80. The van der Waals surface area contributed by atoms with Crippen LogP contribution >= 0.6 is 0 Å². The molecule has 29 heavy (non-hydrogen) atoms. The normalized spacial score (nSPS) is 26.3. The van der Waals surface area contributed by atoms with Gasteiger partial charge in [-0.1, -0.05) is 29.4 Å². The Morgan fingerprint density at radius 2 is 1.97 bits per heavy atom. The van der Waals surface area contributed by atoms with Gasteiger partial charge in [-0.05, 0) is 73.9 Å². The fourth-order valence-electron chi connectivity index (χ4n) is 5.59. The highest BCUT2D eigenvalue weighted by atomic mass is 16.5. The van der Waals surface area contributed by atoms with Crippen LogP contribution in [0.25, 0.3) is 0 Å². The Kier molecular flexibility index (Phi) is 5.23. The van der Waals surface area contributed by atoms with Crippen LogP contribution in [0.15, 0.2) is 47.1 Å². The van der Waals surface area contributed by atoms with Crippen molar-refractivity contribution in [2.24, 2.45) is 0 Å². The zero-order valence-corrected chi connectivity index (χ0v) is 17.7. The summed E-state index contributed by atoms with van der Waals surface area (Å²) in [6.07, 6.45) is 14.3. The van der Waals surface area contributed by atoms with Gasteiger partial charge in [-0.15, -0.1) is 0 Å². The zero-order valence-electron chi connectivity index (χ0n) is 17.7. The number of ether oxygens (including phenoxy) is 2. The van der Waals surface area contributed by atoms with Crippen LogP contribution in [0.4, 0.5) is 0 Å². The summed E-state index contributed by atoms with van der Waals surface area (Å²) < 4.78 is 11.1. The Morgan fingerprint density at radius 3 is 2.83 bits per heavy atom. The van der Waals surface area contributed by atoms with E-state index in [0.717, 1.165) is 37.4 Å². The molecule has 0 bridgehead atoms. The maximum Gasteiger partial charge on any atom is 0.161 e. The van der Waals surface area contributed by atoms with Crippen LogP contribution in [-0.2, 0) is 6.42 Å². The second-order valence-corrected chi connectivity index (χ2v) is 8.69. The molecule has 3 heterocycles. The molecule has 0 aromatic heterocycles. The smallest absolute Gasteiger partial charge is 0.161 e. The molecule has 0 spiro atoms. The van der Waals surface area contributed by atoms with E-state index in [4.69, 9.17) is 9.47 Å². The number of methoxy groups -OCH3 is 2. The van der Waals surface area contributed by atoms with Gasteiger partial charge in [0.1, 0.15) is 0 Å². The van der Waals surface area contributed by atoms with Crippen molar-refractivity contribution in [2.75, 3.05) is 33.9 Å². The molecule has 0 radical (unpaired) electrons. The molecule has 0 fully saturated rings. The fraction of sp³-hybridized carbons (Fsp3) is 0.520. The Hall–Kier alpha value is -2.04. The van der Waals surface area contributed by atoms with E-state index in [9.17, 15) is 0 Å². The van der Waals surface area contributed by atoms with E-state index in [0.29, 0.717) is 12.1 Å². The summed E-state index contributed by atoms with van der Waals surface area (Å²) in [6, 6.07) is 5.30. The highest BCUT2D eigenvalue weighted by molar-refractivity contribution is 5.50. The number of rotatable bonds is 4. The third-order valence-electron chi connectivity index (χ3n) is 7.16. The maximum atomic E-state index is 5.58. The first-order valence-electron chi connectivity index (χ1n) is 11.1. The number of hydrogen-bond donors (Lipinski definition) is 1. The summed E-state index contributed by atoms with van der Waals surface area (Å²) in [6.45, 7) is 3.34. The summed E-state index contributed by atoms with van der Waals surface area (Å²) in [5, 5.41) is 3.76. The Bertz CT molecular complexity index is 883. The molecule has 1 aromatic rings. The fourth-order valence-corrected chi connectivity index (χ4v) is 5.59. The average Bonchev–Trinajstić information content (AvgIpc) is 2.78. The van der Waals surface area contributed by atoms with Gasteiger partial charge in [-0.3, -0.25) is 4.90 Å². The maximum absolute atomic E-state index is 5.58. The largest absolute Gasteiger partial charge is 0.493 e. The lowest BCUT2D eigenvalue weighted by Gasteiger charge is -2.42. The third kappa shape index (κ3) is 3.53. The highest BCUT2D eigenvalue weighted by Gasteiger charge is 2.32. The van der Waals surface area contributed by atoms with Crippen molar-refractivity contribution in [1.29, 1.82) is 0 Å². The third-order valence-corrected chi connectivity index (χ3v) is 7.16. The van der Waals surface area contributed by atoms with Crippen LogP contribution in [0, 0.1) is 0 Å². The monoisotopic (exact) mass is 392 g/mol. The highest BCUT2D eigenvalue weighted by Crippen LogP contribution is 2.40. The molecule has 3 aliphatic heterocycles. The standard InChI is InChI=1S/C25H32N2O2/c1-28-24-15-19-7-10-26-22(21(19)16-25(24)29-2)13-17-8-11-27-12-9-18-5-3-4-6-20(18)23(27)14-17/h4,6,8,15-16,22-23,26H,3,5,7,9-14H2,1-2H3. The van der Waals surface area contributed by atoms with E-state index in [2.05, 4.69) is 40.6 Å². The van der Waals surface area contributed by atoms with Gasteiger partial charge in [0.2, 0.25) is 0 Å². The minimum absolute atomic E-state index is 0.357. The van der Waals surface area contributed by atoms with Gasteiger partial charge in [-0.25, -0.2) is 0 Å². The van der Waals surface area contributed by atoms with E-state index in [1.54, 1.807) is 30.9 Å². The minimum Gasteiger partial charge on any atom is -0.493 e. The molecule has 4 aliphatic rings. The van der Waals surface area contributed by atoms with Gasteiger partial charge in [-0.2, -0.15) is 0 Å². The SMILES string of the molecule is COc1cc2c(cc1OC)C(CC1=CCN3CCC4=C(C=CCC4)C3C1)NCC2. The van der Waals surface area contributed by atoms with Gasteiger partial charge < -0.3 is 14.8 Å². The molecule has 1 aromatic carbocycles. The average molecular weight is 393 g/mol. The molecule has 0 saturated carbocycles. The molecule has 0 saturated heterocycles. The van der Waals surface area contributed by atoms with E-state index < -0.39 is 0 Å². The van der Waals surface area contributed by atoms with E-state index in [1.807, 2.05) is 0 Å². The minimum atomic E-state index is 0.357. The van der Waals surface area contributed by atoms with Crippen molar-refractivity contribution in [3.63, 3.8) is 0 Å². The van der Waals surface area contributed by atoms with Crippen molar-refractivity contribution in [1.82, 2.24) is 10.2 Å². The van der Waals surface area contributed by atoms with Crippen molar-refractivity contribution < 1.29 is 9.47 Å². The zero-order chi connectivity index (χ0) is 19.8. The second kappa shape index (κ2) is 8.00. The van der Waals surface area contributed by atoms with Crippen LogP contribution in [0.3, 0.4) is 0 Å². The van der Waals surface area contributed by atoms with E-state index in [1.165, 1.54) is 43.4 Å². The summed E-state index contributed by atoms with van der Waals surface area (Å²) in [5.74, 6) is 1.67. The first-order chi connectivity index (χ1) is 14.3. The molecular formula is C25H32N2O2. The Labute approximate surface area is 174 Å². The van der Waals surface area contributed by atoms with Gasteiger partial charge in [0.15, 0.2) is 11.5 Å². The number of hydrogen-bond acceptors (Lipinski definition) is 4. The molecule has 4 nitrogen and oxygen atoms in total. The number of nitrogens with zero attached hydrogens (tertiary/aromatic N) is 1. The van der Waals surface area contributed by atoms with Crippen LogP contribution in [-0.4, -0.2) is 44.8 Å². The van der Waals surface area contributed by atoms with Gasteiger partial charge >= 0.3 is 0 Å². The summed E-state index contributed by atoms with van der Waals surface area (Å²) >= 11 is 0. The molecule has 1 N–H and O–H groups in total. The molecule has 2 atom stereocenters. The van der Waals surface area contributed by atoms with Crippen LogP contribution < -0.4 is 14.8 Å². The first kappa shape index (κ1) is 19.0. The summed E-state index contributed by atoms with van der Waals surface area (Å²) in [5.41, 5.74) is 7.70. The molecule has 2 unspecified atom stereocenters. The topological polar surface area (TPSA) is 33.7 Å². The van der Waals surface area contributed by atoms with E-state index in [-0.39, 0.29) is 0 Å². The lowest BCUT2D eigenvalue weighted by Crippen LogP contribution is -2.44. The predicted molar refractivity (Wildman–Crippen MR) is 117 cm³/mol. The van der Waals surface area contributed by atoms with Crippen molar-refractivity contribution in [3.8, 4) is 11.5 Å². The quantitative estimate of drug-likeness (QED) is 0.774. The molecular weight excluding hydrogens is 360 g/mol. The predicted octanol–water partition coefficient (Wildman–Crippen LogP) is 4.33. The number of allylic oxidation sites excluding steroid dienone is 1. The lowest BCUT2D eigenvalue weighted by molar-refractivity contribution is 0.216. The first-order valence-corrected chi connectivity index (χ1v) is 11.1. The Morgan fingerprint density at radius 1 is 1.10 bits per heavy atom. The van der Waals surface area contributed by atoms with Crippen LogP contribution in [0.5, 0.6) is 11.5 Å². The molecule has 0 amide bonds. The Balaban J connectivity index is 1.37. The summed E-state index contributed by atoms with van der Waals surface area (Å²) in [4.78, 5) is 2.67. The number of benzene rings is 1. The van der Waals surface area contributed by atoms with Crippen LogP contribution in [0.2, 0.25) is 0 Å². The summed E-state index contributed by atoms with van der Waals surface area (Å²) in [7, 11) is 3.44. The van der Waals surface area contributed by atoms with Gasteiger partial charge in [0.05, 0.1) is 14.2 Å². The van der Waals surface area contributed by atoms with Crippen molar-refractivity contribution >= 4 is 0 Å². The second-order valence-electron chi connectivity index (χ2n) is 8.69. The number of nitrogens with one attached hydrogen (secondary N) is 1. The molecule has 5 rings (SSSR count). The van der Waals surface area contributed by atoms with Gasteiger partial charge in [0, 0.05) is 25.2 Å². The van der Waals surface area contributed by atoms with E-state index >= 15 is 0 Å². The molecule has 1 aliphatic carbocycles. The van der Waals surface area contributed by atoms with Crippen molar-refractivity contribution in [2.45, 2.75) is 50.6 Å².